The fourth-order valence-corrected chi connectivity index (χ4v) is 4.09. The SMILES string of the molecule is COc1cc2c(cc1O)[C@@H]1Cc3cc(OC)c(OC)cc3CN1CC2. The molecule has 0 radical (unpaired) electrons. The molecule has 0 saturated carbocycles. The summed E-state index contributed by atoms with van der Waals surface area (Å²) in [5, 5.41) is 10.2. The maximum Gasteiger partial charge on any atom is 0.161 e. The molecule has 0 amide bonds. The first-order valence-corrected chi connectivity index (χ1v) is 8.52. The number of rotatable bonds is 3. The Morgan fingerprint density at radius 3 is 2.20 bits per heavy atom. The molecule has 0 aliphatic carbocycles. The average molecular weight is 341 g/mol. The third-order valence-electron chi connectivity index (χ3n) is 5.40. The predicted octanol–water partition coefficient (Wildman–Crippen LogP) is 3.07. The molecule has 0 aromatic heterocycles. The van der Waals surface area contributed by atoms with Gasteiger partial charge in [-0.3, -0.25) is 4.90 Å². The molecule has 0 unspecified atom stereocenters. The van der Waals surface area contributed by atoms with E-state index in [2.05, 4.69) is 17.0 Å². The monoisotopic (exact) mass is 341 g/mol. The number of ether oxygens (including phenoxy) is 3. The number of methoxy groups -OCH3 is 3. The summed E-state index contributed by atoms with van der Waals surface area (Å²) in [6.45, 7) is 1.88. The predicted molar refractivity (Wildman–Crippen MR) is 94.8 cm³/mol. The summed E-state index contributed by atoms with van der Waals surface area (Å²) in [5.74, 6) is 2.30. The van der Waals surface area contributed by atoms with Gasteiger partial charge in [-0.15, -0.1) is 0 Å². The lowest BCUT2D eigenvalue weighted by molar-refractivity contribution is 0.160. The molecule has 132 valence electrons. The van der Waals surface area contributed by atoms with E-state index >= 15 is 0 Å². The Labute approximate surface area is 147 Å². The molecule has 5 nitrogen and oxygen atoms in total. The zero-order chi connectivity index (χ0) is 17.6. The van der Waals surface area contributed by atoms with E-state index in [0.717, 1.165) is 37.4 Å². The fourth-order valence-electron chi connectivity index (χ4n) is 4.09. The van der Waals surface area contributed by atoms with Crippen LogP contribution in [0.15, 0.2) is 24.3 Å². The van der Waals surface area contributed by atoms with Crippen molar-refractivity contribution in [3.63, 3.8) is 0 Å². The Morgan fingerprint density at radius 2 is 1.52 bits per heavy atom. The van der Waals surface area contributed by atoms with Crippen LogP contribution in [0.1, 0.15) is 28.3 Å². The van der Waals surface area contributed by atoms with Gasteiger partial charge in [-0.25, -0.2) is 0 Å². The summed E-state index contributed by atoms with van der Waals surface area (Å²) in [5.41, 5.74) is 5.03. The Bertz CT molecular complexity index is 818. The zero-order valence-corrected chi connectivity index (χ0v) is 14.8. The number of phenolic OH excluding ortho intramolecular Hbond substituents is 1. The smallest absolute Gasteiger partial charge is 0.161 e. The maximum atomic E-state index is 10.2. The number of fused-ring (bicyclic) bond motifs is 4. The lowest BCUT2D eigenvalue weighted by Gasteiger charge is -2.41. The van der Waals surface area contributed by atoms with Crippen molar-refractivity contribution in [1.82, 2.24) is 4.90 Å². The van der Waals surface area contributed by atoms with E-state index in [1.807, 2.05) is 12.1 Å². The van der Waals surface area contributed by atoms with Crippen LogP contribution in [0.4, 0.5) is 0 Å². The van der Waals surface area contributed by atoms with E-state index in [4.69, 9.17) is 14.2 Å². The zero-order valence-electron chi connectivity index (χ0n) is 14.8. The number of hydrogen-bond donors (Lipinski definition) is 1. The van der Waals surface area contributed by atoms with Gasteiger partial charge in [0.15, 0.2) is 23.0 Å². The molecule has 4 rings (SSSR count). The first kappa shape index (κ1) is 16.1. The van der Waals surface area contributed by atoms with Gasteiger partial charge in [-0.1, -0.05) is 0 Å². The Morgan fingerprint density at radius 1 is 0.880 bits per heavy atom. The average Bonchev–Trinajstić information content (AvgIpc) is 2.64. The minimum absolute atomic E-state index is 0.209. The molecule has 2 heterocycles. The number of nitrogens with zero attached hydrogens (tertiary/aromatic N) is 1. The summed E-state index contributed by atoms with van der Waals surface area (Å²) >= 11 is 0. The second-order valence-corrected chi connectivity index (χ2v) is 6.64. The Hall–Kier alpha value is -2.40. The molecule has 5 heteroatoms. The van der Waals surface area contributed by atoms with Crippen LogP contribution in [-0.4, -0.2) is 37.9 Å². The van der Waals surface area contributed by atoms with E-state index in [-0.39, 0.29) is 11.8 Å². The van der Waals surface area contributed by atoms with Gasteiger partial charge in [0.2, 0.25) is 0 Å². The highest BCUT2D eigenvalue weighted by molar-refractivity contribution is 5.52. The molecule has 2 aliphatic heterocycles. The van der Waals surface area contributed by atoms with Crippen molar-refractivity contribution in [2.45, 2.75) is 25.4 Å². The molecule has 2 aliphatic rings. The first-order chi connectivity index (χ1) is 12.1. The topological polar surface area (TPSA) is 51.2 Å². The molecule has 0 bridgehead atoms. The molecule has 0 saturated heterocycles. The van der Waals surface area contributed by atoms with Gasteiger partial charge in [0.25, 0.3) is 0 Å². The van der Waals surface area contributed by atoms with Gasteiger partial charge in [0.05, 0.1) is 21.3 Å². The molecule has 0 spiro atoms. The first-order valence-electron chi connectivity index (χ1n) is 8.52. The summed E-state index contributed by atoms with van der Waals surface area (Å²) < 4.78 is 16.2. The highest BCUT2D eigenvalue weighted by Crippen LogP contribution is 2.44. The van der Waals surface area contributed by atoms with Gasteiger partial charge >= 0.3 is 0 Å². The van der Waals surface area contributed by atoms with Crippen molar-refractivity contribution in [1.29, 1.82) is 0 Å². The minimum Gasteiger partial charge on any atom is -0.504 e. The van der Waals surface area contributed by atoms with Gasteiger partial charge in [-0.2, -0.15) is 0 Å². The second-order valence-electron chi connectivity index (χ2n) is 6.64. The van der Waals surface area contributed by atoms with Crippen molar-refractivity contribution in [2.24, 2.45) is 0 Å². The van der Waals surface area contributed by atoms with Crippen molar-refractivity contribution in [2.75, 3.05) is 27.9 Å². The summed E-state index contributed by atoms with van der Waals surface area (Å²) in [7, 11) is 4.93. The Balaban J connectivity index is 1.75. The minimum atomic E-state index is 0.209. The number of phenols is 1. The van der Waals surface area contributed by atoms with Crippen molar-refractivity contribution >= 4 is 0 Å². The normalized spacial score (nSPS) is 18.8. The van der Waals surface area contributed by atoms with Gasteiger partial charge in [0, 0.05) is 19.1 Å². The van der Waals surface area contributed by atoms with Crippen LogP contribution >= 0.6 is 0 Å². The van der Waals surface area contributed by atoms with Crippen LogP contribution in [0.25, 0.3) is 0 Å². The van der Waals surface area contributed by atoms with E-state index in [9.17, 15) is 5.11 Å². The van der Waals surface area contributed by atoms with Crippen LogP contribution in [-0.2, 0) is 19.4 Å². The second kappa shape index (κ2) is 6.15. The molecule has 2 aromatic carbocycles. The molecule has 25 heavy (non-hydrogen) atoms. The molecule has 2 aromatic rings. The number of hydrogen-bond acceptors (Lipinski definition) is 5. The van der Waals surface area contributed by atoms with Crippen LogP contribution < -0.4 is 14.2 Å². The van der Waals surface area contributed by atoms with Crippen molar-refractivity contribution < 1.29 is 19.3 Å². The summed E-state index contributed by atoms with van der Waals surface area (Å²) in [4.78, 5) is 2.47. The van der Waals surface area contributed by atoms with E-state index in [1.54, 1.807) is 21.3 Å². The lowest BCUT2D eigenvalue weighted by Crippen LogP contribution is -2.39. The third-order valence-corrected chi connectivity index (χ3v) is 5.40. The van der Waals surface area contributed by atoms with Crippen LogP contribution in [0, 0.1) is 0 Å². The van der Waals surface area contributed by atoms with Gasteiger partial charge in [-0.05, 0) is 59.4 Å². The number of aromatic hydroxyl groups is 1. The maximum absolute atomic E-state index is 10.2. The van der Waals surface area contributed by atoms with Gasteiger partial charge < -0.3 is 19.3 Å². The van der Waals surface area contributed by atoms with E-state index < -0.39 is 0 Å². The molecule has 0 fully saturated rings. The highest BCUT2D eigenvalue weighted by atomic mass is 16.5. The summed E-state index contributed by atoms with van der Waals surface area (Å²) in [6, 6.07) is 8.29. The quantitative estimate of drug-likeness (QED) is 0.930. The fraction of sp³-hybridized carbons (Fsp3) is 0.400. The van der Waals surface area contributed by atoms with Crippen molar-refractivity contribution in [3.05, 3.63) is 46.5 Å². The molecule has 1 atom stereocenters. The van der Waals surface area contributed by atoms with E-state index in [1.165, 1.54) is 22.3 Å². The molecule has 1 N–H and O–H groups in total. The van der Waals surface area contributed by atoms with Crippen LogP contribution in [0.3, 0.4) is 0 Å². The van der Waals surface area contributed by atoms with Crippen molar-refractivity contribution in [3.8, 4) is 23.0 Å². The Kier molecular flexibility index (Phi) is 3.96. The standard InChI is InChI=1S/C20H23NO4/c1-23-18-7-12-4-5-21-11-14-9-20(25-3)19(24-2)8-13(14)6-16(21)15(12)10-17(18)22/h7-10,16,22H,4-6,11H2,1-3H3/t16-/m0/s1. The lowest BCUT2D eigenvalue weighted by atomic mass is 9.83. The largest absolute Gasteiger partial charge is 0.504 e. The van der Waals surface area contributed by atoms with Crippen LogP contribution in [0.2, 0.25) is 0 Å². The molecular formula is C20H23NO4. The summed E-state index contributed by atoms with van der Waals surface area (Å²) in [6.07, 6.45) is 1.86. The van der Waals surface area contributed by atoms with E-state index in [0.29, 0.717) is 5.75 Å². The number of benzene rings is 2. The molecular weight excluding hydrogens is 318 g/mol. The third kappa shape index (κ3) is 2.59. The highest BCUT2D eigenvalue weighted by Gasteiger charge is 2.33. The van der Waals surface area contributed by atoms with Crippen LogP contribution in [0.5, 0.6) is 23.0 Å². The van der Waals surface area contributed by atoms with Gasteiger partial charge in [0.1, 0.15) is 0 Å².